The summed E-state index contributed by atoms with van der Waals surface area (Å²) in [5.41, 5.74) is 2.96. The molecule has 19 heavy (non-hydrogen) atoms. The minimum atomic E-state index is -3.39. The molecule has 0 saturated carbocycles. The minimum absolute atomic E-state index is 0.216. The van der Waals surface area contributed by atoms with Crippen molar-refractivity contribution in [1.82, 2.24) is 0 Å². The molecular formula is C16H16O2S. The van der Waals surface area contributed by atoms with Crippen LogP contribution in [-0.4, -0.2) is 8.42 Å². The third-order valence-electron chi connectivity index (χ3n) is 3.77. The van der Waals surface area contributed by atoms with Gasteiger partial charge >= 0.3 is 0 Å². The van der Waals surface area contributed by atoms with Gasteiger partial charge in [0.2, 0.25) is 9.84 Å². The summed E-state index contributed by atoms with van der Waals surface area (Å²) in [5.74, 6) is 0.216. The van der Waals surface area contributed by atoms with Gasteiger partial charge in [-0.05, 0) is 42.5 Å². The van der Waals surface area contributed by atoms with Crippen LogP contribution in [-0.2, 0) is 16.3 Å². The smallest absolute Gasteiger partial charge is 0.207 e. The first-order valence-corrected chi connectivity index (χ1v) is 7.92. The van der Waals surface area contributed by atoms with Gasteiger partial charge in [0, 0.05) is 0 Å². The van der Waals surface area contributed by atoms with E-state index in [1.807, 2.05) is 31.2 Å². The van der Waals surface area contributed by atoms with Crippen molar-refractivity contribution in [2.75, 3.05) is 0 Å². The zero-order valence-electron chi connectivity index (χ0n) is 11.1. The summed E-state index contributed by atoms with van der Waals surface area (Å²) < 4.78 is 25.5. The molecule has 0 N–H and O–H groups in total. The minimum Gasteiger partial charge on any atom is -0.218 e. The number of hydrogen-bond donors (Lipinski definition) is 0. The predicted molar refractivity (Wildman–Crippen MR) is 75.2 cm³/mol. The molecule has 0 fully saturated rings. The fourth-order valence-corrected chi connectivity index (χ4v) is 4.60. The largest absolute Gasteiger partial charge is 0.218 e. The highest BCUT2D eigenvalue weighted by Gasteiger charge is 2.29. The van der Waals surface area contributed by atoms with Gasteiger partial charge in [-0.2, -0.15) is 0 Å². The van der Waals surface area contributed by atoms with Gasteiger partial charge in [-0.3, -0.25) is 0 Å². The molecule has 2 nitrogen and oxygen atoms in total. The molecule has 0 bridgehead atoms. The van der Waals surface area contributed by atoms with Crippen molar-refractivity contribution >= 4 is 9.84 Å². The van der Waals surface area contributed by atoms with Crippen molar-refractivity contribution in [3.63, 3.8) is 0 Å². The number of aryl methyl sites for hydroxylation is 1. The van der Waals surface area contributed by atoms with Crippen molar-refractivity contribution in [3.8, 4) is 0 Å². The summed E-state index contributed by atoms with van der Waals surface area (Å²) in [6.45, 7) is 4.09. The molecule has 0 saturated heterocycles. The van der Waals surface area contributed by atoms with Crippen molar-refractivity contribution in [2.45, 2.75) is 36.0 Å². The highest BCUT2D eigenvalue weighted by molar-refractivity contribution is 7.91. The van der Waals surface area contributed by atoms with Gasteiger partial charge in [-0.1, -0.05) is 42.8 Å². The van der Waals surface area contributed by atoms with Gasteiger partial charge in [0.15, 0.2) is 0 Å². The van der Waals surface area contributed by atoms with Gasteiger partial charge in [-0.25, -0.2) is 8.42 Å². The van der Waals surface area contributed by atoms with Gasteiger partial charge in [0.1, 0.15) is 0 Å². The molecule has 0 amide bonds. The maximum Gasteiger partial charge on any atom is 0.207 e. The molecule has 2 aromatic rings. The molecule has 2 aromatic carbocycles. The van der Waals surface area contributed by atoms with E-state index in [1.54, 1.807) is 18.2 Å². The quantitative estimate of drug-likeness (QED) is 0.735. The fraction of sp³-hybridized carbons (Fsp3) is 0.250. The van der Waals surface area contributed by atoms with Crippen LogP contribution in [0.4, 0.5) is 0 Å². The zero-order chi connectivity index (χ0) is 13.6. The summed E-state index contributed by atoms with van der Waals surface area (Å²) in [7, 11) is -3.39. The molecule has 3 rings (SSSR count). The van der Waals surface area contributed by atoms with Crippen LogP contribution >= 0.6 is 0 Å². The highest BCUT2D eigenvalue weighted by Crippen LogP contribution is 2.37. The normalized spacial score (nSPS) is 20.2. The number of rotatable bonds is 0. The monoisotopic (exact) mass is 272 g/mol. The van der Waals surface area contributed by atoms with Crippen molar-refractivity contribution in [1.29, 1.82) is 0 Å². The van der Waals surface area contributed by atoms with Crippen LogP contribution < -0.4 is 0 Å². The Labute approximate surface area is 114 Å². The van der Waals surface area contributed by atoms with Crippen LogP contribution in [0, 0.1) is 6.92 Å². The van der Waals surface area contributed by atoms with E-state index in [0.717, 1.165) is 23.1 Å². The van der Waals surface area contributed by atoms with E-state index in [0.29, 0.717) is 9.79 Å². The van der Waals surface area contributed by atoms with E-state index < -0.39 is 9.84 Å². The van der Waals surface area contributed by atoms with E-state index >= 15 is 0 Å². The van der Waals surface area contributed by atoms with Gasteiger partial charge < -0.3 is 0 Å². The molecule has 0 spiro atoms. The number of sulfone groups is 1. The molecule has 1 aliphatic heterocycles. The lowest BCUT2D eigenvalue weighted by atomic mass is 9.93. The summed E-state index contributed by atoms with van der Waals surface area (Å²) >= 11 is 0. The van der Waals surface area contributed by atoms with E-state index in [9.17, 15) is 8.42 Å². The summed E-state index contributed by atoms with van der Waals surface area (Å²) in [6.07, 6.45) is 0.770. The lowest BCUT2D eigenvalue weighted by Crippen LogP contribution is -2.05. The second-order valence-corrected chi connectivity index (χ2v) is 7.14. The Kier molecular flexibility index (Phi) is 2.75. The first-order valence-electron chi connectivity index (χ1n) is 6.43. The maximum atomic E-state index is 12.8. The first-order chi connectivity index (χ1) is 9.00. The second-order valence-electron chi connectivity index (χ2n) is 5.26. The molecule has 0 aliphatic carbocycles. The maximum absolute atomic E-state index is 12.8. The molecule has 0 unspecified atom stereocenters. The van der Waals surface area contributed by atoms with E-state index in [1.165, 1.54) is 0 Å². The van der Waals surface area contributed by atoms with Crippen molar-refractivity contribution < 1.29 is 8.42 Å². The Balaban J connectivity index is 2.37. The van der Waals surface area contributed by atoms with Crippen LogP contribution in [0.15, 0.2) is 52.3 Å². The summed E-state index contributed by atoms with van der Waals surface area (Å²) in [6, 6.07) is 13.0. The van der Waals surface area contributed by atoms with Gasteiger partial charge in [0.05, 0.1) is 9.79 Å². The third-order valence-corrected chi connectivity index (χ3v) is 5.70. The lowest BCUT2D eigenvalue weighted by Gasteiger charge is -2.12. The summed E-state index contributed by atoms with van der Waals surface area (Å²) in [4.78, 5) is 0.931. The molecule has 0 radical (unpaired) electrons. The molecule has 98 valence electrons. The molecule has 1 aliphatic rings. The Morgan fingerprint density at radius 1 is 1.05 bits per heavy atom. The van der Waals surface area contributed by atoms with Crippen LogP contribution in [0.25, 0.3) is 0 Å². The predicted octanol–water partition coefficient (Wildman–Crippen LogP) is 3.49. The van der Waals surface area contributed by atoms with E-state index in [4.69, 9.17) is 0 Å². The van der Waals surface area contributed by atoms with Crippen molar-refractivity contribution in [2.24, 2.45) is 0 Å². The third kappa shape index (κ3) is 1.89. The highest BCUT2D eigenvalue weighted by atomic mass is 32.2. The van der Waals surface area contributed by atoms with E-state index in [-0.39, 0.29) is 5.92 Å². The topological polar surface area (TPSA) is 34.1 Å². The second kappa shape index (κ2) is 4.20. The fourth-order valence-electron chi connectivity index (χ4n) is 2.79. The average Bonchev–Trinajstić information content (AvgIpc) is 2.45. The number of hydrogen-bond acceptors (Lipinski definition) is 2. The van der Waals surface area contributed by atoms with Crippen molar-refractivity contribution in [3.05, 3.63) is 59.2 Å². The van der Waals surface area contributed by atoms with Crippen LogP contribution in [0.2, 0.25) is 0 Å². The number of fused-ring (bicyclic) bond motifs is 2. The molecule has 3 heteroatoms. The van der Waals surface area contributed by atoms with Gasteiger partial charge in [-0.15, -0.1) is 0 Å². The molecule has 1 heterocycles. The van der Waals surface area contributed by atoms with E-state index in [2.05, 4.69) is 6.92 Å². The Morgan fingerprint density at radius 2 is 1.79 bits per heavy atom. The standard InChI is InChI=1S/C16H16O2S/c1-11-7-8-16-14(9-11)12(2)10-13-5-3-4-6-15(13)19(16,17)18/h3-9,12H,10H2,1-2H3/t12-/m0/s1. The lowest BCUT2D eigenvalue weighted by molar-refractivity contribution is 0.595. The Morgan fingerprint density at radius 3 is 2.58 bits per heavy atom. The number of benzene rings is 2. The summed E-state index contributed by atoms with van der Waals surface area (Å²) in [5, 5.41) is 0. The molecular weight excluding hydrogens is 256 g/mol. The Hall–Kier alpha value is -1.61. The van der Waals surface area contributed by atoms with Crippen LogP contribution in [0.5, 0.6) is 0 Å². The SMILES string of the molecule is Cc1ccc2c(c1)[C@@H](C)Cc1ccccc1S2(=O)=O. The molecule has 0 aromatic heterocycles. The van der Waals surface area contributed by atoms with Gasteiger partial charge in [0.25, 0.3) is 0 Å². The first kappa shape index (κ1) is 12.4. The Bertz CT molecular complexity index is 745. The average molecular weight is 272 g/mol. The van der Waals surface area contributed by atoms with Crippen LogP contribution in [0.3, 0.4) is 0 Å². The van der Waals surface area contributed by atoms with Crippen LogP contribution in [0.1, 0.15) is 29.5 Å². The zero-order valence-corrected chi connectivity index (χ0v) is 11.9. The molecule has 1 atom stereocenters.